The number of hydrogen-bond donors (Lipinski definition) is 2. The third-order valence-corrected chi connectivity index (χ3v) is 8.46. The molecule has 0 bridgehead atoms. The van der Waals surface area contributed by atoms with E-state index in [1.54, 1.807) is 10.8 Å². The summed E-state index contributed by atoms with van der Waals surface area (Å²) in [6, 6.07) is 13.0. The molecule has 0 spiro atoms. The van der Waals surface area contributed by atoms with Crippen molar-refractivity contribution in [3.63, 3.8) is 0 Å². The fraction of sp³-hybridized carbons (Fsp3) is 0.364. The molecule has 0 radical (unpaired) electrons. The number of nitrogens with one attached hydrogen (secondary N) is 2. The lowest BCUT2D eigenvalue weighted by Crippen LogP contribution is -2.37. The number of anilines is 1. The molecule has 3 aliphatic rings. The van der Waals surface area contributed by atoms with Crippen LogP contribution >= 0.6 is 0 Å². The third-order valence-electron chi connectivity index (χ3n) is 8.46. The van der Waals surface area contributed by atoms with Crippen molar-refractivity contribution in [3.05, 3.63) is 70.3 Å². The van der Waals surface area contributed by atoms with Crippen molar-refractivity contribution in [3.8, 4) is 17.2 Å². The first-order valence-corrected chi connectivity index (χ1v) is 15.3. The Balaban J connectivity index is 1.23. The van der Waals surface area contributed by atoms with Crippen molar-refractivity contribution < 1.29 is 18.7 Å². The number of hydrogen-bond acceptors (Lipinski definition) is 8. The van der Waals surface area contributed by atoms with E-state index in [2.05, 4.69) is 25.4 Å². The van der Waals surface area contributed by atoms with Crippen molar-refractivity contribution >= 4 is 39.6 Å². The quantitative estimate of drug-likeness (QED) is 0.235. The molecule has 2 N–H and O–H groups in total. The van der Waals surface area contributed by atoms with Crippen LogP contribution in [0, 0.1) is 5.82 Å². The molecule has 0 unspecified atom stereocenters. The molecule has 1 amide bonds. The molecule has 44 heavy (non-hydrogen) atoms. The van der Waals surface area contributed by atoms with Crippen LogP contribution in [-0.2, 0) is 4.74 Å². The van der Waals surface area contributed by atoms with E-state index in [1.165, 1.54) is 6.07 Å². The van der Waals surface area contributed by atoms with E-state index < -0.39 is 17.2 Å². The lowest BCUT2D eigenvalue weighted by atomic mass is 10.0. The highest BCUT2D eigenvalue weighted by Crippen LogP contribution is 2.46. The minimum absolute atomic E-state index is 0.0437. The van der Waals surface area contributed by atoms with Crippen LogP contribution in [0.15, 0.2) is 58.4 Å². The van der Waals surface area contributed by atoms with Crippen molar-refractivity contribution in [1.29, 1.82) is 0 Å². The van der Waals surface area contributed by atoms with Gasteiger partial charge in [-0.1, -0.05) is 24.3 Å². The molecule has 3 aromatic carbocycles. The first-order chi connectivity index (χ1) is 21.6. The smallest absolute Gasteiger partial charge is 0.256 e. The number of pyridine rings is 1. The van der Waals surface area contributed by atoms with Crippen LogP contribution < -0.4 is 20.8 Å². The van der Waals surface area contributed by atoms with Crippen LogP contribution in [0.1, 0.15) is 23.2 Å². The van der Waals surface area contributed by atoms with E-state index in [4.69, 9.17) is 9.47 Å². The van der Waals surface area contributed by atoms with Gasteiger partial charge in [0, 0.05) is 45.5 Å². The highest BCUT2D eigenvalue weighted by molar-refractivity contribution is 6.02. The summed E-state index contributed by atoms with van der Waals surface area (Å²) in [4.78, 5) is 35.7. The van der Waals surface area contributed by atoms with Gasteiger partial charge in [0.25, 0.3) is 5.91 Å². The molecule has 3 aliphatic heterocycles. The first kappa shape index (κ1) is 28.3. The van der Waals surface area contributed by atoms with Gasteiger partial charge in [0.2, 0.25) is 5.43 Å². The monoisotopic (exact) mass is 598 g/mol. The Bertz CT molecular complexity index is 1820. The van der Waals surface area contributed by atoms with E-state index >= 15 is 4.39 Å². The minimum Gasteiger partial charge on any atom is -0.451 e. The standard InChI is InChI=1S/C33H35FN6O4/c34-26-19-24-30-32(29(26)36-7-3-10-38-13-15-43-16-14-38)44-28-18-23-6-2-1-5-22(23)17-27(28)40(30)20-25(31(24)41)33(42)37-8-4-11-39-12-9-35-21-39/h1-2,5-6,17-21,36H,3-4,7-16H2,(H,37,42). The number of nitrogens with zero attached hydrogens (tertiary/aromatic N) is 4. The minimum atomic E-state index is -0.600. The lowest BCUT2D eigenvalue weighted by Gasteiger charge is -2.28. The Hall–Kier alpha value is -4.48. The summed E-state index contributed by atoms with van der Waals surface area (Å²) < 4.78 is 29.4. The third kappa shape index (κ3) is 5.48. The van der Waals surface area contributed by atoms with Crippen LogP contribution in [0.25, 0.3) is 27.4 Å². The SMILES string of the molecule is O=C(NCCCN1C=NCC1)c1cn2c3c(c(NCCCN4CCOCC4)c(F)cc3c1=O)Oc1cc3ccccc3cc1-2. The molecule has 228 valence electrons. The van der Waals surface area contributed by atoms with Crippen molar-refractivity contribution in [1.82, 2.24) is 19.7 Å². The number of benzene rings is 3. The number of ether oxygens (including phenoxy) is 2. The number of aromatic nitrogens is 1. The zero-order valence-corrected chi connectivity index (χ0v) is 24.5. The molecule has 1 aromatic heterocycles. The Kier molecular flexibility index (Phi) is 7.88. The van der Waals surface area contributed by atoms with Gasteiger partial charge in [-0.25, -0.2) is 4.39 Å². The number of aliphatic imine (C=N–C) groups is 1. The topological polar surface area (TPSA) is 100 Å². The van der Waals surface area contributed by atoms with Crippen molar-refractivity contribution in [2.24, 2.45) is 4.99 Å². The van der Waals surface area contributed by atoms with Crippen LogP contribution in [0.5, 0.6) is 11.5 Å². The summed E-state index contributed by atoms with van der Waals surface area (Å²) in [6.07, 6.45) is 4.90. The normalized spacial score (nSPS) is 15.9. The Morgan fingerprint density at radius 1 is 1.00 bits per heavy atom. The first-order valence-electron chi connectivity index (χ1n) is 15.3. The molecule has 4 aromatic rings. The summed E-state index contributed by atoms with van der Waals surface area (Å²) >= 11 is 0. The van der Waals surface area contributed by atoms with E-state index in [9.17, 15) is 9.59 Å². The molecule has 0 saturated carbocycles. The fourth-order valence-electron chi connectivity index (χ4n) is 6.14. The Morgan fingerprint density at radius 2 is 1.80 bits per heavy atom. The van der Waals surface area contributed by atoms with Gasteiger partial charge in [0.15, 0.2) is 17.3 Å². The van der Waals surface area contributed by atoms with Gasteiger partial charge in [0.1, 0.15) is 16.8 Å². The molecular formula is C33H35FN6O4. The maximum atomic E-state index is 15.8. The largest absolute Gasteiger partial charge is 0.451 e. The van der Waals surface area contributed by atoms with E-state index in [1.807, 2.05) is 42.7 Å². The van der Waals surface area contributed by atoms with E-state index in [-0.39, 0.29) is 22.4 Å². The zero-order chi connectivity index (χ0) is 30.0. The highest BCUT2D eigenvalue weighted by atomic mass is 19.1. The second-order valence-electron chi connectivity index (χ2n) is 11.4. The molecule has 7 rings (SSSR count). The lowest BCUT2D eigenvalue weighted by molar-refractivity contribution is 0.0378. The molecule has 0 atom stereocenters. The number of rotatable bonds is 10. The highest BCUT2D eigenvalue weighted by Gasteiger charge is 2.29. The number of fused-ring (bicyclic) bond motifs is 3. The predicted octanol–water partition coefficient (Wildman–Crippen LogP) is 3.99. The van der Waals surface area contributed by atoms with E-state index in [0.717, 1.165) is 69.7 Å². The Morgan fingerprint density at radius 3 is 2.59 bits per heavy atom. The average Bonchev–Trinajstić information content (AvgIpc) is 3.57. The summed E-state index contributed by atoms with van der Waals surface area (Å²) in [6.45, 7) is 7.44. The summed E-state index contributed by atoms with van der Waals surface area (Å²) in [5.74, 6) is -0.333. The molecule has 0 aliphatic carbocycles. The molecule has 11 heteroatoms. The number of carbonyl (C=O) groups excluding carboxylic acids is 1. The number of halogens is 1. The van der Waals surface area contributed by atoms with Gasteiger partial charge >= 0.3 is 0 Å². The fourth-order valence-corrected chi connectivity index (χ4v) is 6.14. The zero-order valence-electron chi connectivity index (χ0n) is 24.5. The van der Waals surface area contributed by atoms with Gasteiger partial charge < -0.3 is 29.6 Å². The molecule has 10 nitrogen and oxygen atoms in total. The van der Waals surface area contributed by atoms with Crippen molar-refractivity contribution in [2.45, 2.75) is 12.8 Å². The maximum absolute atomic E-state index is 15.8. The predicted molar refractivity (Wildman–Crippen MR) is 169 cm³/mol. The van der Waals surface area contributed by atoms with E-state index in [0.29, 0.717) is 36.5 Å². The van der Waals surface area contributed by atoms with Gasteiger partial charge in [-0.3, -0.25) is 19.5 Å². The second kappa shape index (κ2) is 12.3. The molecular weight excluding hydrogens is 563 g/mol. The molecule has 1 fully saturated rings. The molecule has 1 saturated heterocycles. The average molecular weight is 599 g/mol. The summed E-state index contributed by atoms with van der Waals surface area (Å²) in [5.41, 5.74) is 0.729. The van der Waals surface area contributed by atoms with Crippen LogP contribution in [-0.4, -0.2) is 92.2 Å². The molecule has 4 heterocycles. The van der Waals surface area contributed by atoms with Gasteiger partial charge in [-0.15, -0.1) is 0 Å². The van der Waals surface area contributed by atoms with Crippen LogP contribution in [0.3, 0.4) is 0 Å². The number of carbonyl (C=O) groups is 1. The van der Waals surface area contributed by atoms with Crippen LogP contribution in [0.2, 0.25) is 0 Å². The summed E-state index contributed by atoms with van der Waals surface area (Å²) in [7, 11) is 0. The second-order valence-corrected chi connectivity index (χ2v) is 11.4. The van der Waals surface area contributed by atoms with Gasteiger partial charge in [-0.05, 0) is 48.4 Å². The maximum Gasteiger partial charge on any atom is 0.256 e. The number of morpholine rings is 1. The Labute approximate surface area is 254 Å². The van der Waals surface area contributed by atoms with Gasteiger partial charge in [0.05, 0.1) is 37.2 Å². The number of amides is 1. The van der Waals surface area contributed by atoms with Crippen molar-refractivity contribution in [2.75, 3.05) is 70.9 Å². The summed E-state index contributed by atoms with van der Waals surface area (Å²) in [5, 5.41) is 8.16. The van der Waals surface area contributed by atoms with Crippen LogP contribution in [0.4, 0.5) is 10.1 Å². The van der Waals surface area contributed by atoms with Gasteiger partial charge in [-0.2, -0.15) is 0 Å².